The lowest BCUT2D eigenvalue weighted by atomic mass is 9.98. The fourth-order valence-electron chi connectivity index (χ4n) is 2.40. The summed E-state index contributed by atoms with van der Waals surface area (Å²) in [4.78, 5) is 14.9. The van der Waals surface area contributed by atoms with Crippen LogP contribution in [-0.4, -0.2) is 34.6 Å². The Morgan fingerprint density at radius 3 is 2.57 bits per heavy atom. The molecule has 5 nitrogen and oxygen atoms in total. The van der Waals surface area contributed by atoms with Gasteiger partial charge in [-0.15, -0.1) is 0 Å². The van der Waals surface area contributed by atoms with E-state index < -0.39 is 0 Å². The molecule has 0 saturated carbocycles. The first kappa shape index (κ1) is 14.1. The van der Waals surface area contributed by atoms with Gasteiger partial charge in [-0.25, -0.2) is 15.0 Å². The Kier molecular flexibility index (Phi) is 4.50. The van der Waals surface area contributed by atoms with Crippen LogP contribution in [0.3, 0.4) is 0 Å². The van der Waals surface area contributed by atoms with Gasteiger partial charge in [0.25, 0.3) is 0 Å². The van der Waals surface area contributed by atoms with E-state index in [4.69, 9.17) is 16.3 Å². The van der Waals surface area contributed by atoms with E-state index >= 15 is 0 Å². The molecule has 0 radical (unpaired) electrons. The summed E-state index contributed by atoms with van der Waals surface area (Å²) in [7, 11) is 0. The first-order chi connectivity index (χ1) is 10.3. The number of nitrogens with zero attached hydrogens (tertiary/aromatic N) is 4. The third-order valence-corrected chi connectivity index (χ3v) is 3.80. The molecule has 0 aromatic carbocycles. The first-order valence-corrected chi connectivity index (χ1v) is 7.45. The fraction of sp³-hybridized carbons (Fsp3) is 0.400. The predicted molar refractivity (Wildman–Crippen MR) is 81.7 cm³/mol. The van der Waals surface area contributed by atoms with Gasteiger partial charge in [0.2, 0.25) is 11.8 Å². The summed E-state index contributed by atoms with van der Waals surface area (Å²) in [6.07, 6.45) is 7.16. The molecule has 0 bridgehead atoms. The number of aromatic nitrogens is 3. The van der Waals surface area contributed by atoms with Crippen LogP contribution < -0.4 is 9.64 Å². The Morgan fingerprint density at radius 1 is 1.14 bits per heavy atom. The molecule has 110 valence electrons. The maximum absolute atomic E-state index is 5.81. The molecular formula is C15H17ClN4O. The number of anilines is 1. The van der Waals surface area contributed by atoms with Crippen molar-refractivity contribution in [3.8, 4) is 5.88 Å². The van der Waals surface area contributed by atoms with Crippen LogP contribution >= 0.6 is 11.6 Å². The smallest absolute Gasteiger partial charge is 0.225 e. The number of ether oxygens (including phenoxy) is 1. The monoisotopic (exact) mass is 304 g/mol. The van der Waals surface area contributed by atoms with Crippen molar-refractivity contribution in [3.63, 3.8) is 0 Å². The van der Waals surface area contributed by atoms with E-state index in [2.05, 4.69) is 19.9 Å². The van der Waals surface area contributed by atoms with Crippen LogP contribution in [0.5, 0.6) is 5.88 Å². The SMILES string of the molecule is Clc1cnc(N2CCC(COc3ccccn3)CC2)nc1. The molecule has 3 rings (SSSR count). The molecule has 0 amide bonds. The minimum atomic E-state index is 0.551. The maximum Gasteiger partial charge on any atom is 0.225 e. The van der Waals surface area contributed by atoms with Crippen LogP contribution in [0.1, 0.15) is 12.8 Å². The summed E-state index contributed by atoms with van der Waals surface area (Å²) in [6.45, 7) is 2.60. The number of halogens is 1. The summed E-state index contributed by atoms with van der Waals surface area (Å²) < 4.78 is 5.72. The second kappa shape index (κ2) is 6.72. The zero-order valence-electron chi connectivity index (χ0n) is 11.7. The molecule has 6 heteroatoms. The van der Waals surface area contributed by atoms with Gasteiger partial charge in [-0.2, -0.15) is 0 Å². The highest BCUT2D eigenvalue weighted by Gasteiger charge is 2.21. The average Bonchev–Trinajstić information content (AvgIpc) is 2.55. The third-order valence-electron chi connectivity index (χ3n) is 3.61. The lowest BCUT2D eigenvalue weighted by Gasteiger charge is -2.31. The summed E-state index contributed by atoms with van der Waals surface area (Å²) in [5.74, 6) is 2.00. The van der Waals surface area contributed by atoms with E-state index in [1.807, 2.05) is 18.2 Å². The molecule has 21 heavy (non-hydrogen) atoms. The van der Waals surface area contributed by atoms with Gasteiger partial charge in [-0.05, 0) is 24.8 Å². The molecular weight excluding hydrogens is 288 g/mol. The molecule has 2 aromatic heterocycles. The first-order valence-electron chi connectivity index (χ1n) is 7.07. The van der Waals surface area contributed by atoms with E-state index in [0.717, 1.165) is 31.9 Å². The Labute approximate surface area is 129 Å². The lowest BCUT2D eigenvalue weighted by Crippen LogP contribution is -2.36. The largest absolute Gasteiger partial charge is 0.477 e. The molecule has 0 aliphatic carbocycles. The van der Waals surface area contributed by atoms with Crippen LogP contribution in [-0.2, 0) is 0 Å². The quantitative estimate of drug-likeness (QED) is 0.869. The second-order valence-corrected chi connectivity index (χ2v) is 5.55. The lowest BCUT2D eigenvalue weighted by molar-refractivity contribution is 0.215. The summed E-state index contributed by atoms with van der Waals surface area (Å²) in [5, 5.41) is 0.567. The normalized spacial score (nSPS) is 16.0. The maximum atomic E-state index is 5.81. The van der Waals surface area contributed by atoms with Gasteiger partial charge in [0.15, 0.2) is 0 Å². The summed E-state index contributed by atoms with van der Waals surface area (Å²) >= 11 is 5.81. The highest BCUT2D eigenvalue weighted by atomic mass is 35.5. The van der Waals surface area contributed by atoms with Crippen molar-refractivity contribution in [3.05, 3.63) is 41.8 Å². The standard InChI is InChI=1S/C15H17ClN4O/c16-13-9-18-15(19-10-13)20-7-4-12(5-8-20)11-21-14-3-1-2-6-17-14/h1-3,6,9-10,12H,4-5,7-8,11H2. The molecule has 1 aliphatic rings. The number of hydrogen-bond donors (Lipinski definition) is 0. The molecule has 1 fully saturated rings. The minimum Gasteiger partial charge on any atom is -0.477 e. The van der Waals surface area contributed by atoms with Gasteiger partial charge in [0.1, 0.15) is 0 Å². The molecule has 2 aromatic rings. The van der Waals surface area contributed by atoms with Crippen molar-refractivity contribution in [2.24, 2.45) is 5.92 Å². The van der Waals surface area contributed by atoms with Crippen molar-refractivity contribution in [2.75, 3.05) is 24.6 Å². The average molecular weight is 305 g/mol. The zero-order chi connectivity index (χ0) is 14.5. The van der Waals surface area contributed by atoms with Gasteiger partial charge in [0.05, 0.1) is 24.0 Å². The molecule has 0 unspecified atom stereocenters. The number of piperidine rings is 1. The number of hydrogen-bond acceptors (Lipinski definition) is 5. The molecule has 3 heterocycles. The van der Waals surface area contributed by atoms with Crippen LogP contribution in [0.2, 0.25) is 5.02 Å². The number of pyridine rings is 1. The van der Waals surface area contributed by atoms with Crippen molar-refractivity contribution in [2.45, 2.75) is 12.8 Å². The van der Waals surface area contributed by atoms with Crippen molar-refractivity contribution in [1.29, 1.82) is 0 Å². The Morgan fingerprint density at radius 2 is 1.90 bits per heavy atom. The summed E-state index contributed by atoms with van der Waals surface area (Å²) in [6, 6.07) is 5.71. The van der Waals surface area contributed by atoms with Crippen molar-refractivity contribution >= 4 is 17.5 Å². The van der Waals surface area contributed by atoms with Gasteiger partial charge < -0.3 is 9.64 Å². The topological polar surface area (TPSA) is 51.1 Å². The van der Waals surface area contributed by atoms with Crippen LogP contribution in [0.15, 0.2) is 36.8 Å². The Hall–Kier alpha value is -1.88. The van der Waals surface area contributed by atoms with Crippen LogP contribution in [0, 0.1) is 5.92 Å². The van der Waals surface area contributed by atoms with Crippen molar-refractivity contribution in [1.82, 2.24) is 15.0 Å². The van der Waals surface area contributed by atoms with Crippen molar-refractivity contribution < 1.29 is 4.74 Å². The molecule has 0 N–H and O–H groups in total. The number of rotatable bonds is 4. The van der Waals surface area contributed by atoms with E-state index in [1.165, 1.54) is 0 Å². The predicted octanol–water partition coefficient (Wildman–Crippen LogP) is 2.82. The highest BCUT2D eigenvalue weighted by Crippen LogP contribution is 2.21. The summed E-state index contributed by atoms with van der Waals surface area (Å²) in [5.41, 5.74) is 0. The Balaban J connectivity index is 1.48. The van der Waals surface area contributed by atoms with E-state index in [0.29, 0.717) is 23.4 Å². The van der Waals surface area contributed by atoms with Gasteiger partial charge in [-0.3, -0.25) is 0 Å². The molecule has 0 spiro atoms. The fourth-order valence-corrected chi connectivity index (χ4v) is 2.50. The van der Waals surface area contributed by atoms with Crippen LogP contribution in [0.25, 0.3) is 0 Å². The highest BCUT2D eigenvalue weighted by molar-refractivity contribution is 6.30. The molecule has 0 atom stereocenters. The van der Waals surface area contributed by atoms with Gasteiger partial charge in [0, 0.05) is 25.4 Å². The zero-order valence-corrected chi connectivity index (χ0v) is 12.4. The van der Waals surface area contributed by atoms with Crippen LogP contribution in [0.4, 0.5) is 5.95 Å². The molecule has 1 aliphatic heterocycles. The minimum absolute atomic E-state index is 0.551. The van der Waals surface area contributed by atoms with E-state index in [-0.39, 0.29) is 0 Å². The van der Waals surface area contributed by atoms with E-state index in [1.54, 1.807) is 18.6 Å². The third kappa shape index (κ3) is 3.82. The van der Waals surface area contributed by atoms with Gasteiger partial charge >= 0.3 is 0 Å². The molecule has 1 saturated heterocycles. The second-order valence-electron chi connectivity index (χ2n) is 5.11. The van der Waals surface area contributed by atoms with E-state index in [9.17, 15) is 0 Å². The van der Waals surface area contributed by atoms with Gasteiger partial charge in [-0.1, -0.05) is 17.7 Å². The Bertz CT molecular complexity index is 556.